The average Bonchev–Trinajstić information content (AvgIpc) is 2.36. The van der Waals surface area contributed by atoms with Gasteiger partial charge in [0.2, 0.25) is 0 Å². The fourth-order valence-electron chi connectivity index (χ4n) is 2.17. The minimum Gasteiger partial charge on any atom is -0.348 e. The first-order valence-corrected chi connectivity index (χ1v) is 9.26. The van der Waals surface area contributed by atoms with Crippen molar-refractivity contribution in [1.29, 1.82) is 0 Å². The topological polar surface area (TPSA) is 116 Å². The Morgan fingerprint density at radius 1 is 1.32 bits per heavy atom. The third-order valence-corrected chi connectivity index (χ3v) is 3.99. The maximum Gasteiger partial charge on any atom is 0.170 e. The van der Waals surface area contributed by atoms with Crippen LogP contribution in [0.4, 0.5) is 0 Å². The van der Waals surface area contributed by atoms with E-state index < -0.39 is 20.2 Å². The molecule has 1 saturated heterocycles. The van der Waals surface area contributed by atoms with E-state index in [0.29, 0.717) is 6.42 Å². The molecule has 7 atom stereocenters. The summed E-state index contributed by atoms with van der Waals surface area (Å²) in [5, 5.41) is 7.53. The van der Waals surface area contributed by atoms with Crippen molar-refractivity contribution < 1.29 is 9.26 Å². The molecule has 8 nitrogen and oxygen atoms in total. The zero-order valence-corrected chi connectivity index (χ0v) is 13.2. The minimum atomic E-state index is -0.721. The van der Waals surface area contributed by atoms with Gasteiger partial charge in [-0.25, -0.2) is 0 Å². The van der Waals surface area contributed by atoms with E-state index in [2.05, 4.69) is 29.0 Å². The van der Waals surface area contributed by atoms with Crippen molar-refractivity contribution >= 4 is 16.8 Å². The molecule has 0 aromatic rings. The minimum absolute atomic E-state index is 0.129. The summed E-state index contributed by atoms with van der Waals surface area (Å²) < 4.78 is 11.5. The zero-order valence-electron chi connectivity index (χ0n) is 11.1. The van der Waals surface area contributed by atoms with Gasteiger partial charge in [-0.15, -0.1) is 0 Å². The highest BCUT2D eigenvalue weighted by molar-refractivity contribution is 8.10. The predicted octanol–water partition coefficient (Wildman–Crippen LogP) is 3.95. The van der Waals surface area contributed by atoms with Crippen LogP contribution in [0, 0.1) is 5.92 Å². The molecule has 10 heteroatoms. The van der Waals surface area contributed by atoms with Crippen LogP contribution in [0.25, 0.3) is 20.9 Å². The van der Waals surface area contributed by atoms with E-state index in [-0.39, 0.29) is 18.1 Å². The van der Waals surface area contributed by atoms with Gasteiger partial charge in [0.15, 0.2) is 6.29 Å². The van der Waals surface area contributed by atoms with Gasteiger partial charge in [-0.3, -0.25) is 0 Å². The monoisotopic (exact) mass is 304 g/mol. The van der Waals surface area contributed by atoms with E-state index >= 15 is 0 Å². The number of rotatable bonds is 5. The van der Waals surface area contributed by atoms with E-state index in [1.54, 1.807) is 0 Å². The Kier molecular flexibility index (Phi) is 6.81. The summed E-state index contributed by atoms with van der Waals surface area (Å²) in [5.41, 5.74) is 17.3. The lowest BCUT2D eigenvalue weighted by atomic mass is 9.86. The fraction of sp³-hybridized carbons (Fsp3) is 1.00. The molecule has 0 N–H and O–H groups in total. The Balaban J connectivity index is 3.01. The van der Waals surface area contributed by atoms with E-state index in [0.717, 1.165) is 0 Å². The maximum absolute atomic E-state index is 8.67. The number of nitrogens with zero attached hydrogens (tertiary/aromatic N) is 6. The van der Waals surface area contributed by atoms with Crippen molar-refractivity contribution in [1.82, 2.24) is 0 Å². The quantitative estimate of drug-likeness (QED) is 0.331. The van der Waals surface area contributed by atoms with Crippen LogP contribution in [-0.4, -0.2) is 31.1 Å². The van der Waals surface area contributed by atoms with Crippen LogP contribution >= 0.6 is 16.8 Å². The molecular weight excluding hydrogens is 286 g/mol. The summed E-state index contributed by atoms with van der Waals surface area (Å²) in [6, 6.07) is -0.841. The first kappa shape index (κ1) is 16.5. The second-order valence-electron chi connectivity index (χ2n) is 4.35. The van der Waals surface area contributed by atoms with Crippen molar-refractivity contribution in [2.24, 2.45) is 16.1 Å². The summed E-state index contributed by atoms with van der Waals surface area (Å²) in [6.45, 7) is 5.76. The molecule has 1 aliphatic rings. The lowest BCUT2D eigenvalue weighted by molar-refractivity contribution is -0.174. The highest BCUT2D eigenvalue weighted by Gasteiger charge is 2.43. The number of hydrogen-bond donors (Lipinski definition) is 0. The molecule has 0 aromatic carbocycles. The fourth-order valence-corrected chi connectivity index (χ4v) is 3.03. The van der Waals surface area contributed by atoms with Gasteiger partial charge < -0.3 is 9.26 Å². The van der Waals surface area contributed by atoms with E-state index in [4.69, 9.17) is 20.3 Å². The molecule has 106 valence electrons. The Hall–Kier alpha value is -0.600. The molecule has 1 heterocycles. The van der Waals surface area contributed by atoms with Gasteiger partial charge in [-0.1, -0.05) is 33.0 Å². The first-order chi connectivity index (χ1) is 9.04. The first-order valence-electron chi connectivity index (χ1n) is 5.94. The summed E-state index contributed by atoms with van der Waals surface area (Å²) in [4.78, 5) is 5.70. The van der Waals surface area contributed by atoms with Gasteiger partial charge in [-0.05, 0) is 30.1 Å². The van der Waals surface area contributed by atoms with Crippen LogP contribution in [0.5, 0.6) is 0 Å². The van der Waals surface area contributed by atoms with Gasteiger partial charge in [0.05, 0.1) is 18.2 Å². The second kappa shape index (κ2) is 7.86. The number of ether oxygens (including phenoxy) is 1. The summed E-state index contributed by atoms with van der Waals surface area (Å²) in [6.07, 6.45) is -0.106. The van der Waals surface area contributed by atoms with Crippen LogP contribution in [-0.2, 0) is 9.26 Å². The molecular formula is C9H18N6O2P2. The van der Waals surface area contributed by atoms with Crippen LogP contribution < -0.4 is 0 Å². The predicted molar refractivity (Wildman–Crippen MR) is 77.6 cm³/mol. The van der Waals surface area contributed by atoms with Gasteiger partial charge in [0, 0.05) is 17.7 Å². The van der Waals surface area contributed by atoms with Gasteiger partial charge in [0.1, 0.15) is 0 Å². The van der Waals surface area contributed by atoms with Crippen molar-refractivity contribution in [3.8, 4) is 0 Å². The normalized spacial score (nSPS) is 35.9. The lowest BCUT2D eigenvalue weighted by Crippen LogP contribution is -2.51. The molecule has 0 saturated carbocycles. The van der Waals surface area contributed by atoms with Gasteiger partial charge >= 0.3 is 0 Å². The second-order valence-corrected chi connectivity index (χ2v) is 7.84. The van der Waals surface area contributed by atoms with Crippen LogP contribution in [0.2, 0.25) is 0 Å². The highest BCUT2D eigenvalue weighted by Crippen LogP contribution is 2.46. The van der Waals surface area contributed by atoms with Crippen molar-refractivity contribution in [2.75, 3.05) is 6.66 Å². The van der Waals surface area contributed by atoms with E-state index in [1.165, 1.54) is 0 Å². The molecule has 1 rings (SSSR count). The summed E-state index contributed by atoms with van der Waals surface area (Å²) >= 11 is 0. The van der Waals surface area contributed by atoms with Crippen molar-refractivity contribution in [3.63, 3.8) is 0 Å². The Bertz CT molecular complexity index is 396. The molecule has 0 radical (unpaired) electrons. The molecule has 0 aliphatic carbocycles. The van der Waals surface area contributed by atoms with E-state index in [9.17, 15) is 0 Å². The smallest absolute Gasteiger partial charge is 0.170 e. The van der Waals surface area contributed by atoms with Crippen molar-refractivity contribution in [2.45, 2.75) is 44.7 Å². The van der Waals surface area contributed by atoms with Crippen molar-refractivity contribution in [3.05, 3.63) is 20.9 Å². The third kappa shape index (κ3) is 4.19. The largest absolute Gasteiger partial charge is 0.348 e. The van der Waals surface area contributed by atoms with Gasteiger partial charge in [0.25, 0.3) is 0 Å². The zero-order chi connectivity index (χ0) is 14.4. The molecule has 1 aliphatic heterocycles. The molecule has 0 bridgehead atoms. The molecule has 0 amide bonds. The summed E-state index contributed by atoms with van der Waals surface area (Å²) in [7, 11) is 1.85. The molecule has 19 heavy (non-hydrogen) atoms. The Morgan fingerprint density at radius 2 is 1.89 bits per heavy atom. The van der Waals surface area contributed by atoms with Crippen LogP contribution in [0.3, 0.4) is 0 Å². The highest BCUT2D eigenvalue weighted by atomic mass is 32.0. The standard InChI is InChI=1S/C9H18N6O2P2/c1-4-6-7(12-14-10)5(2)8(13-15-11)9(16-6)17-19(3)18/h5-9H,4,18H2,1-3H3/t5-,6?,7-,8?,9-,19?/m0/s1. The van der Waals surface area contributed by atoms with Crippen LogP contribution in [0.1, 0.15) is 20.3 Å². The number of azide groups is 2. The average molecular weight is 304 g/mol. The third-order valence-electron chi connectivity index (χ3n) is 3.09. The Morgan fingerprint density at radius 3 is 2.37 bits per heavy atom. The molecule has 0 spiro atoms. The molecule has 0 aromatic heterocycles. The molecule has 1 fully saturated rings. The van der Waals surface area contributed by atoms with Crippen LogP contribution in [0.15, 0.2) is 10.2 Å². The maximum atomic E-state index is 8.67. The van der Waals surface area contributed by atoms with E-state index in [1.807, 2.05) is 20.5 Å². The molecule has 4 unspecified atom stereocenters. The van der Waals surface area contributed by atoms with Gasteiger partial charge in [-0.2, -0.15) is 0 Å². The number of hydrogen-bond acceptors (Lipinski definition) is 4. The SMILES string of the molecule is CCC1O[C@@H](OP(C)P)C(N=[N+]=[N-])[C@@H](C)[C@@H]1N=[N+]=[N-]. The summed E-state index contributed by atoms with van der Waals surface area (Å²) in [5.74, 6) is -0.129. The lowest BCUT2D eigenvalue weighted by Gasteiger charge is -2.42. The Labute approximate surface area is 115 Å².